The minimum atomic E-state index is -0.513. The fourth-order valence-electron chi connectivity index (χ4n) is 5.28. The van der Waals surface area contributed by atoms with E-state index in [0.717, 1.165) is 36.3 Å². The molecule has 3 N–H and O–H groups in total. The maximum absolute atomic E-state index is 12.8. The van der Waals surface area contributed by atoms with Gasteiger partial charge in [-0.1, -0.05) is 13.8 Å². The number of ether oxygens (including phenoxy) is 1. The zero-order chi connectivity index (χ0) is 27.1. The molecule has 37 heavy (non-hydrogen) atoms. The molecular formula is C28H39N5O4. The molecule has 0 radical (unpaired) electrons. The summed E-state index contributed by atoms with van der Waals surface area (Å²) in [6, 6.07) is 5.42. The third kappa shape index (κ3) is 5.97. The van der Waals surface area contributed by atoms with Crippen LogP contribution >= 0.6 is 0 Å². The number of primary amides is 1. The van der Waals surface area contributed by atoms with Crippen molar-refractivity contribution in [2.45, 2.75) is 72.8 Å². The van der Waals surface area contributed by atoms with Crippen molar-refractivity contribution >= 4 is 23.5 Å². The third-order valence-corrected chi connectivity index (χ3v) is 7.08. The summed E-state index contributed by atoms with van der Waals surface area (Å²) in [5.41, 5.74) is 9.20. The summed E-state index contributed by atoms with van der Waals surface area (Å²) in [5.74, 6) is -0.0511. The number of fused-ring (bicyclic) bond motifs is 1. The van der Waals surface area contributed by atoms with Crippen LogP contribution in [0.5, 0.6) is 0 Å². The number of anilines is 1. The molecule has 0 spiro atoms. The van der Waals surface area contributed by atoms with Gasteiger partial charge in [0.2, 0.25) is 0 Å². The summed E-state index contributed by atoms with van der Waals surface area (Å²) in [6.45, 7) is 13.6. The van der Waals surface area contributed by atoms with Gasteiger partial charge in [-0.05, 0) is 76.5 Å². The molecular weight excluding hydrogens is 470 g/mol. The molecule has 2 amide bonds. The summed E-state index contributed by atoms with van der Waals surface area (Å²) in [7, 11) is 0. The number of amides is 2. The van der Waals surface area contributed by atoms with Gasteiger partial charge in [0.1, 0.15) is 5.60 Å². The lowest BCUT2D eigenvalue weighted by Gasteiger charge is -2.33. The minimum absolute atomic E-state index is 0.125. The van der Waals surface area contributed by atoms with Gasteiger partial charge in [-0.2, -0.15) is 5.10 Å². The van der Waals surface area contributed by atoms with Crippen molar-refractivity contribution in [2.75, 3.05) is 25.0 Å². The second-order valence-electron chi connectivity index (χ2n) is 12.1. The molecule has 200 valence electrons. The summed E-state index contributed by atoms with van der Waals surface area (Å²) >= 11 is 0. The number of nitrogens with two attached hydrogens (primary N) is 1. The van der Waals surface area contributed by atoms with E-state index in [-0.39, 0.29) is 17.3 Å². The first-order valence-corrected chi connectivity index (χ1v) is 13.0. The quantitative estimate of drug-likeness (QED) is 0.613. The van der Waals surface area contributed by atoms with E-state index in [2.05, 4.69) is 19.2 Å². The van der Waals surface area contributed by atoms with Crippen molar-refractivity contribution in [1.29, 1.82) is 0 Å². The summed E-state index contributed by atoms with van der Waals surface area (Å²) in [4.78, 5) is 39.1. The molecule has 1 aromatic heterocycles. The number of carbonyl (C=O) groups excluding carboxylic acids is 3. The predicted octanol–water partition coefficient (Wildman–Crippen LogP) is 4.49. The monoisotopic (exact) mass is 509 g/mol. The van der Waals surface area contributed by atoms with E-state index in [1.807, 2.05) is 44.5 Å². The minimum Gasteiger partial charge on any atom is -0.444 e. The van der Waals surface area contributed by atoms with E-state index >= 15 is 0 Å². The lowest BCUT2D eigenvalue weighted by atomic mass is 9.75. The highest BCUT2D eigenvalue weighted by Crippen LogP contribution is 2.37. The molecule has 1 fully saturated rings. The van der Waals surface area contributed by atoms with Crippen molar-refractivity contribution in [3.8, 4) is 5.69 Å². The normalized spacial score (nSPS) is 17.9. The number of piperidine rings is 1. The average molecular weight is 510 g/mol. The largest absolute Gasteiger partial charge is 0.444 e. The highest BCUT2D eigenvalue weighted by atomic mass is 16.6. The number of carbonyl (C=O) groups is 3. The Bertz CT molecular complexity index is 1220. The lowest BCUT2D eigenvalue weighted by molar-refractivity contribution is 0.0188. The lowest BCUT2D eigenvalue weighted by Crippen LogP contribution is -2.42. The molecule has 0 saturated carbocycles. The van der Waals surface area contributed by atoms with E-state index in [1.165, 1.54) is 0 Å². The van der Waals surface area contributed by atoms with Gasteiger partial charge in [0.15, 0.2) is 5.78 Å². The van der Waals surface area contributed by atoms with Crippen LogP contribution in [0.15, 0.2) is 18.2 Å². The number of hydrogen-bond donors (Lipinski definition) is 2. The van der Waals surface area contributed by atoms with Crippen LogP contribution in [0.1, 0.15) is 86.0 Å². The molecule has 4 rings (SSSR count). The van der Waals surface area contributed by atoms with Crippen molar-refractivity contribution < 1.29 is 19.1 Å². The zero-order valence-electron chi connectivity index (χ0n) is 22.8. The van der Waals surface area contributed by atoms with Crippen LogP contribution in [-0.4, -0.2) is 57.7 Å². The van der Waals surface area contributed by atoms with Crippen LogP contribution in [0, 0.1) is 18.3 Å². The van der Waals surface area contributed by atoms with Crippen LogP contribution in [-0.2, 0) is 11.2 Å². The molecule has 9 nitrogen and oxygen atoms in total. The number of nitrogens with one attached hydrogen (secondary N) is 1. The van der Waals surface area contributed by atoms with E-state index < -0.39 is 11.5 Å². The second-order valence-corrected chi connectivity index (χ2v) is 12.1. The molecule has 2 aliphatic rings. The van der Waals surface area contributed by atoms with Crippen molar-refractivity contribution in [3.63, 3.8) is 0 Å². The van der Waals surface area contributed by atoms with Gasteiger partial charge < -0.3 is 20.7 Å². The van der Waals surface area contributed by atoms with E-state index in [0.29, 0.717) is 48.8 Å². The van der Waals surface area contributed by atoms with Crippen LogP contribution in [0.2, 0.25) is 0 Å². The van der Waals surface area contributed by atoms with Gasteiger partial charge in [-0.3, -0.25) is 9.59 Å². The third-order valence-electron chi connectivity index (χ3n) is 7.08. The van der Waals surface area contributed by atoms with Crippen LogP contribution < -0.4 is 11.1 Å². The Kier molecular flexibility index (Phi) is 7.10. The second kappa shape index (κ2) is 9.84. The maximum Gasteiger partial charge on any atom is 0.410 e. The molecule has 0 unspecified atom stereocenters. The Morgan fingerprint density at radius 1 is 1.19 bits per heavy atom. The first-order chi connectivity index (χ1) is 17.2. The van der Waals surface area contributed by atoms with Gasteiger partial charge in [-0.15, -0.1) is 0 Å². The Morgan fingerprint density at radius 3 is 2.49 bits per heavy atom. The van der Waals surface area contributed by atoms with Gasteiger partial charge in [0.05, 0.1) is 28.2 Å². The number of ketones is 1. The number of benzene rings is 1. The van der Waals surface area contributed by atoms with Gasteiger partial charge in [-0.25, -0.2) is 9.48 Å². The summed E-state index contributed by atoms with van der Waals surface area (Å²) < 4.78 is 7.32. The molecule has 0 atom stereocenters. The number of Topliss-reactive ketones (excluding diaryl/α,β-unsaturated/α-hetero) is 1. The molecule has 2 heterocycles. The number of nitrogens with zero attached hydrogens (tertiary/aromatic N) is 3. The summed E-state index contributed by atoms with van der Waals surface area (Å²) in [5, 5.41) is 8.12. The maximum atomic E-state index is 12.8. The first-order valence-electron chi connectivity index (χ1n) is 13.0. The number of rotatable bonds is 5. The average Bonchev–Trinajstić information content (AvgIpc) is 3.11. The standard InChI is InChI=1S/C28H39N5O4/c1-17-24-22(14-28(5,6)15-23(24)34)33(31-17)19-7-8-20(25(29)35)21(13-19)30-16-18-9-11-32(12-10-18)26(36)37-27(2,3)4/h7-8,13,18,30H,9-12,14-16H2,1-6H3,(H2,29,35). The fraction of sp³-hybridized carbons (Fsp3) is 0.571. The van der Waals surface area contributed by atoms with E-state index in [9.17, 15) is 14.4 Å². The Labute approximate surface area is 218 Å². The number of aromatic nitrogens is 2. The predicted molar refractivity (Wildman–Crippen MR) is 142 cm³/mol. The highest BCUT2D eigenvalue weighted by Gasteiger charge is 2.36. The highest BCUT2D eigenvalue weighted by molar-refractivity contribution is 6.00. The van der Waals surface area contributed by atoms with Gasteiger partial charge in [0, 0.05) is 31.7 Å². The Hall–Kier alpha value is -3.36. The number of aryl methyl sites for hydroxylation is 1. The van der Waals surface area contributed by atoms with Crippen molar-refractivity contribution in [3.05, 3.63) is 40.7 Å². The van der Waals surface area contributed by atoms with Crippen LogP contribution in [0.4, 0.5) is 10.5 Å². The zero-order valence-corrected chi connectivity index (χ0v) is 22.8. The van der Waals surface area contributed by atoms with Crippen LogP contribution in [0.25, 0.3) is 5.69 Å². The van der Waals surface area contributed by atoms with E-state index in [4.69, 9.17) is 15.6 Å². The molecule has 1 aliphatic heterocycles. The number of likely N-dealkylation sites (tertiary alicyclic amines) is 1. The van der Waals surface area contributed by atoms with Crippen molar-refractivity contribution in [1.82, 2.24) is 14.7 Å². The molecule has 0 bridgehead atoms. The van der Waals surface area contributed by atoms with Gasteiger partial charge >= 0.3 is 6.09 Å². The number of hydrogen-bond acceptors (Lipinski definition) is 6. The summed E-state index contributed by atoms with van der Waals surface area (Å²) in [6.07, 6.45) is 2.64. The SMILES string of the molecule is Cc1nn(-c2ccc(C(N)=O)c(NCC3CCN(C(=O)OC(C)(C)C)CC3)c2)c2c1C(=O)CC(C)(C)C2. The van der Waals surface area contributed by atoms with E-state index in [1.54, 1.807) is 11.0 Å². The fourth-order valence-corrected chi connectivity index (χ4v) is 5.28. The smallest absolute Gasteiger partial charge is 0.410 e. The molecule has 2 aromatic rings. The molecule has 1 saturated heterocycles. The Balaban J connectivity index is 1.50. The van der Waals surface area contributed by atoms with Crippen molar-refractivity contribution in [2.24, 2.45) is 17.1 Å². The first kappa shape index (κ1) is 26.7. The topological polar surface area (TPSA) is 120 Å². The Morgan fingerprint density at radius 2 is 1.86 bits per heavy atom. The van der Waals surface area contributed by atoms with Gasteiger partial charge in [0.25, 0.3) is 5.91 Å². The molecule has 1 aliphatic carbocycles. The molecule has 1 aromatic carbocycles. The molecule has 9 heteroatoms. The van der Waals surface area contributed by atoms with Crippen LogP contribution in [0.3, 0.4) is 0 Å².